The van der Waals surface area contributed by atoms with Crippen LogP contribution < -0.4 is 15.5 Å². The minimum absolute atomic E-state index is 0.00647. The second kappa shape index (κ2) is 6.07. The van der Waals surface area contributed by atoms with Crippen LogP contribution in [0.4, 0.5) is 11.6 Å². The fourth-order valence-corrected chi connectivity index (χ4v) is 2.20. The summed E-state index contributed by atoms with van der Waals surface area (Å²) in [5.41, 5.74) is 0.976. The van der Waals surface area contributed by atoms with E-state index >= 15 is 0 Å². The molecule has 110 valence electrons. The van der Waals surface area contributed by atoms with Crippen LogP contribution in [0.2, 0.25) is 0 Å². The number of carbonyl (C=O) groups excluding carboxylic acids is 1. The lowest BCUT2D eigenvalue weighted by Crippen LogP contribution is -2.35. The number of nitrogens with zero attached hydrogens (tertiary/aromatic N) is 3. The van der Waals surface area contributed by atoms with Gasteiger partial charge in [-0.2, -0.15) is 0 Å². The minimum Gasteiger partial charge on any atom is -0.373 e. The average Bonchev–Trinajstić information content (AvgIpc) is 3.23. The molecular weight excluding hydrogens is 254 g/mol. The highest BCUT2D eigenvalue weighted by Crippen LogP contribution is 2.39. The summed E-state index contributed by atoms with van der Waals surface area (Å²) in [4.78, 5) is 22.8. The molecule has 0 radical (unpaired) electrons. The van der Waals surface area contributed by atoms with Gasteiger partial charge in [-0.15, -0.1) is 0 Å². The summed E-state index contributed by atoms with van der Waals surface area (Å²) in [7, 11) is 3.75. The first kappa shape index (κ1) is 14.6. The van der Waals surface area contributed by atoms with Crippen LogP contribution in [0.3, 0.4) is 0 Å². The highest BCUT2D eigenvalue weighted by molar-refractivity contribution is 5.81. The Morgan fingerprint density at radius 1 is 1.40 bits per heavy atom. The Labute approximate surface area is 120 Å². The number of anilines is 2. The Bertz CT molecular complexity index is 499. The van der Waals surface area contributed by atoms with Gasteiger partial charge in [-0.05, 0) is 26.7 Å². The molecule has 0 unspecified atom stereocenters. The molecule has 6 nitrogen and oxygen atoms in total. The fourth-order valence-electron chi connectivity index (χ4n) is 2.20. The summed E-state index contributed by atoms with van der Waals surface area (Å²) in [6.45, 7) is 4.84. The van der Waals surface area contributed by atoms with Gasteiger partial charge in [-0.3, -0.25) is 4.79 Å². The van der Waals surface area contributed by atoms with Gasteiger partial charge in [0.05, 0.1) is 6.54 Å². The Hall–Kier alpha value is -1.85. The van der Waals surface area contributed by atoms with Crippen LogP contribution in [0, 0.1) is 6.92 Å². The summed E-state index contributed by atoms with van der Waals surface area (Å²) in [5.74, 6) is 3.06. The summed E-state index contributed by atoms with van der Waals surface area (Å²) >= 11 is 0. The summed E-state index contributed by atoms with van der Waals surface area (Å²) in [5, 5.41) is 5.92. The van der Waals surface area contributed by atoms with E-state index in [1.54, 1.807) is 0 Å². The number of rotatable bonds is 6. The van der Waals surface area contributed by atoms with Crippen molar-refractivity contribution in [1.82, 2.24) is 15.3 Å². The van der Waals surface area contributed by atoms with Crippen molar-refractivity contribution in [3.05, 3.63) is 11.4 Å². The van der Waals surface area contributed by atoms with Gasteiger partial charge in [-0.25, -0.2) is 9.97 Å². The normalized spacial score (nSPS) is 14.0. The van der Waals surface area contributed by atoms with Gasteiger partial charge >= 0.3 is 0 Å². The molecule has 1 saturated carbocycles. The van der Waals surface area contributed by atoms with E-state index in [0.29, 0.717) is 19.0 Å². The number of aromatic nitrogens is 2. The van der Waals surface area contributed by atoms with Gasteiger partial charge in [0.15, 0.2) is 0 Å². The molecule has 0 aromatic carbocycles. The zero-order chi connectivity index (χ0) is 14.7. The molecule has 0 spiro atoms. The zero-order valence-electron chi connectivity index (χ0n) is 12.7. The van der Waals surface area contributed by atoms with E-state index in [2.05, 4.69) is 20.6 Å². The Morgan fingerprint density at radius 2 is 2.10 bits per heavy atom. The van der Waals surface area contributed by atoms with E-state index in [1.807, 2.05) is 32.8 Å². The van der Waals surface area contributed by atoms with E-state index in [9.17, 15) is 4.79 Å². The van der Waals surface area contributed by atoms with E-state index in [0.717, 1.165) is 35.9 Å². The van der Waals surface area contributed by atoms with Crippen LogP contribution in [0.1, 0.15) is 37.1 Å². The third kappa shape index (κ3) is 3.18. The van der Waals surface area contributed by atoms with Crippen molar-refractivity contribution in [2.45, 2.75) is 32.6 Å². The first-order chi connectivity index (χ1) is 9.56. The average molecular weight is 277 g/mol. The molecule has 0 saturated heterocycles. The monoisotopic (exact) mass is 277 g/mol. The summed E-state index contributed by atoms with van der Waals surface area (Å²) in [6.07, 6.45) is 2.32. The van der Waals surface area contributed by atoms with Crippen LogP contribution in [-0.2, 0) is 4.79 Å². The van der Waals surface area contributed by atoms with Crippen LogP contribution in [0.5, 0.6) is 0 Å². The topological polar surface area (TPSA) is 70.2 Å². The molecule has 6 heteroatoms. The molecule has 1 aliphatic rings. The minimum atomic E-state index is 0.00647. The van der Waals surface area contributed by atoms with Crippen LogP contribution in [-0.4, -0.2) is 43.1 Å². The van der Waals surface area contributed by atoms with Crippen molar-refractivity contribution < 1.29 is 4.79 Å². The van der Waals surface area contributed by atoms with Crippen molar-refractivity contribution in [1.29, 1.82) is 0 Å². The molecule has 20 heavy (non-hydrogen) atoms. The van der Waals surface area contributed by atoms with Gasteiger partial charge in [0.1, 0.15) is 17.5 Å². The van der Waals surface area contributed by atoms with Gasteiger partial charge in [-0.1, -0.05) is 0 Å². The second-order valence-electron chi connectivity index (χ2n) is 5.21. The largest absolute Gasteiger partial charge is 0.373 e. The third-order valence-electron chi connectivity index (χ3n) is 3.43. The van der Waals surface area contributed by atoms with Crippen LogP contribution >= 0.6 is 0 Å². The van der Waals surface area contributed by atoms with Gasteiger partial charge in [0.25, 0.3) is 0 Å². The van der Waals surface area contributed by atoms with Gasteiger partial charge < -0.3 is 15.5 Å². The van der Waals surface area contributed by atoms with E-state index in [4.69, 9.17) is 0 Å². The number of carbonyl (C=O) groups is 1. The molecule has 0 bridgehead atoms. The summed E-state index contributed by atoms with van der Waals surface area (Å²) in [6, 6.07) is 0. The van der Waals surface area contributed by atoms with Gasteiger partial charge in [0, 0.05) is 32.1 Å². The first-order valence-electron chi connectivity index (χ1n) is 7.10. The predicted octanol–water partition coefficient (Wildman–Crippen LogP) is 1.28. The lowest BCUT2D eigenvalue weighted by atomic mass is 10.2. The van der Waals surface area contributed by atoms with Crippen LogP contribution in [0.15, 0.2) is 0 Å². The van der Waals surface area contributed by atoms with E-state index < -0.39 is 0 Å². The number of likely N-dealkylation sites (N-methyl/N-ethyl adjacent to an activating group) is 2. The fraction of sp³-hybridized carbons (Fsp3) is 0.643. The standard InChI is InChI=1S/C14H23N5O/c1-5-16-11(20)8-19(4)14-9(2)12(15-3)17-13(18-14)10-6-7-10/h10H,5-8H2,1-4H3,(H,16,20)(H,15,17,18). The number of hydrogen-bond donors (Lipinski definition) is 2. The molecule has 1 heterocycles. The number of hydrogen-bond acceptors (Lipinski definition) is 5. The third-order valence-corrected chi connectivity index (χ3v) is 3.43. The molecule has 1 aromatic rings. The summed E-state index contributed by atoms with van der Waals surface area (Å²) < 4.78 is 0. The van der Waals surface area contributed by atoms with E-state index in [-0.39, 0.29) is 5.91 Å². The molecule has 1 fully saturated rings. The molecule has 2 rings (SSSR count). The molecule has 0 aliphatic heterocycles. The Morgan fingerprint density at radius 3 is 2.65 bits per heavy atom. The molecule has 0 atom stereocenters. The maximum absolute atomic E-state index is 11.7. The van der Waals surface area contributed by atoms with Crippen molar-refractivity contribution in [3.8, 4) is 0 Å². The quantitative estimate of drug-likeness (QED) is 0.819. The molecule has 1 aliphatic carbocycles. The lowest BCUT2D eigenvalue weighted by molar-refractivity contribution is -0.119. The van der Waals surface area contributed by atoms with Crippen LogP contribution in [0.25, 0.3) is 0 Å². The Kier molecular flexibility index (Phi) is 4.42. The second-order valence-corrected chi connectivity index (χ2v) is 5.21. The van der Waals surface area contributed by atoms with Crippen molar-refractivity contribution >= 4 is 17.5 Å². The van der Waals surface area contributed by atoms with Gasteiger partial charge in [0.2, 0.25) is 5.91 Å². The maximum atomic E-state index is 11.7. The Balaban J connectivity index is 2.24. The SMILES string of the molecule is CCNC(=O)CN(C)c1nc(C2CC2)nc(NC)c1C. The highest BCUT2D eigenvalue weighted by Gasteiger charge is 2.28. The first-order valence-corrected chi connectivity index (χ1v) is 7.10. The highest BCUT2D eigenvalue weighted by atomic mass is 16.2. The maximum Gasteiger partial charge on any atom is 0.239 e. The van der Waals surface area contributed by atoms with E-state index in [1.165, 1.54) is 0 Å². The predicted molar refractivity (Wildman–Crippen MR) is 80.2 cm³/mol. The number of nitrogens with one attached hydrogen (secondary N) is 2. The van der Waals surface area contributed by atoms with Crippen molar-refractivity contribution in [3.63, 3.8) is 0 Å². The lowest BCUT2D eigenvalue weighted by Gasteiger charge is -2.21. The van der Waals surface area contributed by atoms with Crippen molar-refractivity contribution in [2.75, 3.05) is 37.4 Å². The molecule has 1 amide bonds. The van der Waals surface area contributed by atoms with Crippen molar-refractivity contribution in [2.24, 2.45) is 0 Å². The zero-order valence-corrected chi connectivity index (χ0v) is 12.7. The molecule has 1 aromatic heterocycles. The molecule has 2 N–H and O–H groups in total. The smallest absolute Gasteiger partial charge is 0.239 e. The number of amides is 1. The molecular formula is C14H23N5O.